The van der Waals surface area contributed by atoms with E-state index in [1.165, 1.54) is 0 Å². The monoisotopic (exact) mass is 290 g/mol. The van der Waals surface area contributed by atoms with Crippen molar-refractivity contribution in [2.75, 3.05) is 19.4 Å². The fraction of sp³-hybridized carbons (Fsp3) is 0.333. The van der Waals surface area contributed by atoms with E-state index in [2.05, 4.69) is 22.3 Å². The number of anilines is 1. The summed E-state index contributed by atoms with van der Waals surface area (Å²) in [6.45, 7) is 2.13. The zero-order valence-electron chi connectivity index (χ0n) is 12.0. The van der Waals surface area contributed by atoms with Crippen LogP contribution in [0.25, 0.3) is 10.9 Å². The largest absolute Gasteiger partial charge is 0.382 e. The van der Waals surface area contributed by atoms with E-state index in [-0.39, 0.29) is 0 Å². The molecule has 0 saturated carbocycles. The Kier molecular flexibility index (Phi) is 4.79. The maximum absolute atomic E-state index is 5.99. The molecule has 1 aromatic carbocycles. The number of nitrogens with one attached hydrogen (secondary N) is 1. The summed E-state index contributed by atoms with van der Waals surface area (Å²) in [5.41, 5.74) is 1.97. The van der Waals surface area contributed by atoms with Gasteiger partial charge in [-0.1, -0.05) is 11.6 Å². The highest BCUT2D eigenvalue weighted by Gasteiger charge is 2.05. The number of nitrogens with zero attached hydrogens (tertiary/aromatic N) is 3. The number of hydrogen-bond acceptors (Lipinski definition) is 4. The van der Waals surface area contributed by atoms with Gasteiger partial charge in [0.25, 0.3) is 0 Å². The zero-order chi connectivity index (χ0) is 14.5. The lowest BCUT2D eigenvalue weighted by Gasteiger charge is -2.15. The van der Waals surface area contributed by atoms with Crippen LogP contribution in [-0.4, -0.2) is 36.3 Å². The third kappa shape index (κ3) is 3.84. The molecule has 0 fully saturated rings. The van der Waals surface area contributed by atoms with Crippen LogP contribution >= 0.6 is 11.6 Å². The lowest BCUT2D eigenvalue weighted by molar-refractivity contribution is 0.438. The third-order valence-corrected chi connectivity index (χ3v) is 3.11. The Hall–Kier alpha value is -1.81. The normalized spacial score (nSPS) is 12.8. The Morgan fingerprint density at radius 2 is 2.20 bits per heavy atom. The second-order valence-corrected chi connectivity index (χ2v) is 5.38. The fourth-order valence-corrected chi connectivity index (χ4v) is 2.11. The molecule has 0 aliphatic heterocycles. The van der Waals surface area contributed by atoms with Crippen LogP contribution in [0, 0.1) is 0 Å². The first kappa shape index (κ1) is 14.6. The molecule has 4 nitrogen and oxygen atoms in total. The summed E-state index contributed by atoms with van der Waals surface area (Å²) in [6.07, 6.45) is 4.56. The number of hydrazone groups is 1. The molecule has 2 aromatic rings. The number of halogens is 1. The predicted molar refractivity (Wildman–Crippen MR) is 86.6 cm³/mol. The lowest BCUT2D eigenvalue weighted by atomic mass is 10.1. The number of benzene rings is 1. The average Bonchev–Trinajstić information content (AvgIpc) is 2.38. The van der Waals surface area contributed by atoms with Crippen LogP contribution < -0.4 is 5.32 Å². The van der Waals surface area contributed by atoms with Crippen LogP contribution in [0.15, 0.2) is 35.6 Å². The van der Waals surface area contributed by atoms with Gasteiger partial charge in [0.05, 0.1) is 5.52 Å². The predicted octanol–water partition coefficient (Wildman–Crippen LogP) is 3.63. The maximum atomic E-state index is 5.99. The fourth-order valence-electron chi connectivity index (χ4n) is 1.94. The van der Waals surface area contributed by atoms with Crippen molar-refractivity contribution in [1.82, 2.24) is 9.99 Å². The minimum absolute atomic E-state index is 0.292. The van der Waals surface area contributed by atoms with Crippen molar-refractivity contribution in [3.8, 4) is 0 Å². The molecule has 0 saturated heterocycles. The summed E-state index contributed by atoms with van der Waals surface area (Å²) in [4.78, 5) is 4.34. The van der Waals surface area contributed by atoms with E-state index in [4.69, 9.17) is 11.6 Å². The van der Waals surface area contributed by atoms with Gasteiger partial charge in [-0.2, -0.15) is 5.10 Å². The van der Waals surface area contributed by atoms with Gasteiger partial charge in [-0.25, -0.2) is 0 Å². The summed E-state index contributed by atoms with van der Waals surface area (Å²) in [5, 5.41) is 11.3. The van der Waals surface area contributed by atoms with E-state index in [0.29, 0.717) is 11.1 Å². The van der Waals surface area contributed by atoms with Gasteiger partial charge in [-0.05, 0) is 31.2 Å². The molecular weight excluding hydrogens is 272 g/mol. The van der Waals surface area contributed by atoms with Crippen molar-refractivity contribution in [2.24, 2.45) is 5.10 Å². The van der Waals surface area contributed by atoms with Gasteiger partial charge in [-0.15, -0.1) is 0 Å². The maximum Gasteiger partial charge on any atom is 0.0737 e. The van der Waals surface area contributed by atoms with Gasteiger partial charge in [-0.3, -0.25) is 4.98 Å². The van der Waals surface area contributed by atoms with E-state index in [9.17, 15) is 0 Å². The van der Waals surface area contributed by atoms with Crippen molar-refractivity contribution < 1.29 is 0 Å². The second kappa shape index (κ2) is 6.57. The Labute approximate surface area is 124 Å². The minimum atomic E-state index is 0.292. The standard InChI is InChI=1S/C15H19ClN4/c1-11(6-9-18-20(2)3)19-14-7-8-17-15-10-12(16)4-5-13(14)15/h4-5,7-11H,6H2,1-3H3,(H,17,19)/b18-9+. The van der Waals surface area contributed by atoms with Crippen LogP contribution in [0.5, 0.6) is 0 Å². The number of pyridine rings is 1. The number of rotatable bonds is 5. The molecule has 1 unspecified atom stereocenters. The molecule has 1 heterocycles. The highest BCUT2D eigenvalue weighted by Crippen LogP contribution is 2.25. The first-order chi connectivity index (χ1) is 9.56. The molecule has 1 aromatic heterocycles. The van der Waals surface area contributed by atoms with Crippen molar-refractivity contribution in [2.45, 2.75) is 19.4 Å². The van der Waals surface area contributed by atoms with Crippen molar-refractivity contribution in [3.05, 3.63) is 35.5 Å². The van der Waals surface area contributed by atoms with Crippen LogP contribution in [0.1, 0.15) is 13.3 Å². The lowest BCUT2D eigenvalue weighted by Crippen LogP contribution is -2.16. The molecule has 0 aliphatic rings. The van der Waals surface area contributed by atoms with Crippen LogP contribution in [0.2, 0.25) is 5.02 Å². The summed E-state index contributed by atoms with van der Waals surface area (Å²) in [5.74, 6) is 0. The van der Waals surface area contributed by atoms with E-state index in [1.54, 1.807) is 11.2 Å². The van der Waals surface area contributed by atoms with Crippen molar-refractivity contribution in [1.29, 1.82) is 0 Å². The molecule has 20 heavy (non-hydrogen) atoms. The third-order valence-electron chi connectivity index (χ3n) is 2.88. The SMILES string of the molecule is CC(C/C=N/N(C)C)Nc1ccnc2cc(Cl)ccc12. The molecule has 1 N–H and O–H groups in total. The minimum Gasteiger partial charge on any atom is -0.382 e. The molecule has 106 valence electrons. The molecule has 5 heteroatoms. The van der Waals surface area contributed by atoms with Crippen LogP contribution in [0.4, 0.5) is 5.69 Å². The molecule has 0 aliphatic carbocycles. The Balaban J connectivity index is 2.13. The molecule has 0 radical (unpaired) electrons. The summed E-state index contributed by atoms with van der Waals surface area (Å²) in [7, 11) is 3.82. The van der Waals surface area contributed by atoms with Gasteiger partial charge < -0.3 is 10.3 Å². The van der Waals surface area contributed by atoms with Crippen LogP contribution in [-0.2, 0) is 0 Å². The van der Waals surface area contributed by atoms with E-state index in [1.807, 2.05) is 44.6 Å². The van der Waals surface area contributed by atoms with Crippen molar-refractivity contribution in [3.63, 3.8) is 0 Å². The smallest absolute Gasteiger partial charge is 0.0737 e. The first-order valence-electron chi connectivity index (χ1n) is 6.57. The first-order valence-corrected chi connectivity index (χ1v) is 6.94. The highest BCUT2D eigenvalue weighted by molar-refractivity contribution is 6.31. The summed E-state index contributed by atoms with van der Waals surface area (Å²) in [6, 6.07) is 8.03. The zero-order valence-corrected chi connectivity index (χ0v) is 12.7. The molecule has 2 rings (SSSR count). The highest BCUT2D eigenvalue weighted by atomic mass is 35.5. The molecule has 0 amide bonds. The molecule has 0 bridgehead atoms. The van der Waals surface area contributed by atoms with Gasteiger partial charge in [0.2, 0.25) is 0 Å². The summed E-state index contributed by atoms with van der Waals surface area (Å²) < 4.78 is 0. The van der Waals surface area contributed by atoms with Gasteiger partial charge >= 0.3 is 0 Å². The summed E-state index contributed by atoms with van der Waals surface area (Å²) >= 11 is 5.99. The van der Waals surface area contributed by atoms with Crippen LogP contribution in [0.3, 0.4) is 0 Å². The number of aromatic nitrogens is 1. The van der Waals surface area contributed by atoms with E-state index in [0.717, 1.165) is 23.0 Å². The second-order valence-electron chi connectivity index (χ2n) is 4.95. The quantitative estimate of drug-likeness (QED) is 0.675. The van der Waals surface area contributed by atoms with E-state index >= 15 is 0 Å². The van der Waals surface area contributed by atoms with Crippen molar-refractivity contribution >= 4 is 34.4 Å². The Morgan fingerprint density at radius 1 is 1.40 bits per heavy atom. The Bertz CT molecular complexity index is 610. The van der Waals surface area contributed by atoms with E-state index < -0.39 is 0 Å². The topological polar surface area (TPSA) is 40.5 Å². The molecular formula is C15H19ClN4. The molecule has 0 spiro atoms. The Morgan fingerprint density at radius 3 is 2.95 bits per heavy atom. The van der Waals surface area contributed by atoms with Gasteiger partial charge in [0, 0.05) is 55.1 Å². The molecule has 1 atom stereocenters. The van der Waals surface area contributed by atoms with Gasteiger partial charge in [0.15, 0.2) is 0 Å². The number of hydrogen-bond donors (Lipinski definition) is 1. The number of fused-ring (bicyclic) bond motifs is 1. The average molecular weight is 291 g/mol. The van der Waals surface area contributed by atoms with Gasteiger partial charge in [0.1, 0.15) is 0 Å².